The van der Waals surface area contributed by atoms with Gasteiger partial charge in [-0.1, -0.05) is 12.1 Å². The van der Waals surface area contributed by atoms with Crippen molar-refractivity contribution in [1.29, 1.82) is 0 Å². The average molecular weight is 197 g/mol. The van der Waals surface area contributed by atoms with Gasteiger partial charge >= 0.3 is 5.76 Å². The number of aromatic amines is 1. The average Bonchev–Trinajstić information content (AvgIpc) is 2.20. The van der Waals surface area contributed by atoms with Gasteiger partial charge in [0.05, 0.1) is 5.39 Å². The molecule has 0 atom stereocenters. The Hall–Kier alpha value is -1.92. The van der Waals surface area contributed by atoms with Gasteiger partial charge in [0, 0.05) is 0 Å². The molecule has 1 aromatic heterocycles. The predicted octanol–water partition coefficient (Wildman–Crippen LogP) is 0.499. The fourth-order valence-corrected chi connectivity index (χ4v) is 1.03. The second kappa shape index (κ2) is 4.35. The maximum atomic E-state index is 11.1. The molecule has 2 rings (SSSR count). The van der Waals surface area contributed by atoms with Crippen LogP contribution in [0.2, 0.25) is 0 Å². The molecule has 0 aliphatic carbocycles. The molecule has 0 saturated heterocycles. The third-order valence-corrected chi connectivity index (χ3v) is 1.55. The van der Waals surface area contributed by atoms with Crippen molar-refractivity contribution in [2.24, 2.45) is 0 Å². The molecule has 1 aromatic carbocycles. The number of para-hydroxylation sites is 1. The van der Waals surface area contributed by atoms with Crippen LogP contribution in [0, 0.1) is 0 Å². The summed E-state index contributed by atoms with van der Waals surface area (Å²) in [7, 11) is 0. The van der Waals surface area contributed by atoms with E-state index in [2.05, 4.69) is 0 Å². The monoisotopic (exact) mass is 197 g/mol. The summed E-state index contributed by atoms with van der Waals surface area (Å²) < 4.78 is 4.73. The zero-order valence-corrected chi connectivity index (χ0v) is 6.93. The third-order valence-electron chi connectivity index (χ3n) is 1.55. The number of aromatic nitrogens is 1. The van der Waals surface area contributed by atoms with Crippen LogP contribution < -0.4 is 11.3 Å². The molecule has 6 nitrogen and oxygen atoms in total. The lowest BCUT2D eigenvalue weighted by molar-refractivity contribution is -0.176. The normalized spacial score (nSPS) is 9.29. The predicted molar refractivity (Wildman–Crippen MR) is 48.4 cm³/mol. The minimum Gasteiger partial charge on any atom is -0.409 e. The Kier molecular flexibility index (Phi) is 3.16. The summed E-state index contributed by atoms with van der Waals surface area (Å²) in [6, 6.07) is 6.57. The van der Waals surface area contributed by atoms with Crippen LogP contribution in [0.5, 0.6) is 0 Å². The molecular weight excluding hydrogens is 190 g/mol. The molecule has 14 heavy (non-hydrogen) atoms. The molecular formula is C8H7NO5. The Balaban J connectivity index is 0.000000461. The van der Waals surface area contributed by atoms with E-state index >= 15 is 0 Å². The van der Waals surface area contributed by atoms with E-state index in [0.29, 0.717) is 11.0 Å². The van der Waals surface area contributed by atoms with E-state index in [1.165, 1.54) is 0 Å². The molecule has 1 heterocycles. The first-order valence-corrected chi connectivity index (χ1v) is 3.59. The van der Waals surface area contributed by atoms with Crippen molar-refractivity contribution in [3.63, 3.8) is 0 Å². The van der Waals surface area contributed by atoms with Crippen LogP contribution >= 0.6 is 0 Å². The minimum atomic E-state index is -0.723. The molecule has 2 aromatic rings. The molecule has 0 amide bonds. The Bertz CT molecular complexity index is 527. The Morgan fingerprint density at radius 2 is 1.79 bits per heavy atom. The van der Waals surface area contributed by atoms with Gasteiger partial charge in [-0.05, 0) is 12.1 Å². The lowest BCUT2D eigenvalue weighted by atomic mass is 10.3. The third kappa shape index (κ3) is 1.87. The number of benzene rings is 1. The first kappa shape index (κ1) is 10.2. The summed E-state index contributed by atoms with van der Waals surface area (Å²) in [6.07, 6.45) is 0. The highest BCUT2D eigenvalue weighted by Crippen LogP contribution is 2.04. The van der Waals surface area contributed by atoms with Crippen LogP contribution in [-0.2, 0) is 0 Å². The van der Waals surface area contributed by atoms with Crippen LogP contribution in [0.4, 0.5) is 0 Å². The fraction of sp³-hybridized carbons (Fsp3) is 0. The molecule has 3 N–H and O–H groups in total. The highest BCUT2D eigenvalue weighted by Gasteiger charge is 1.99. The Morgan fingerprint density at radius 1 is 1.14 bits per heavy atom. The second-order valence-corrected chi connectivity index (χ2v) is 2.34. The molecule has 0 bridgehead atoms. The largest absolute Gasteiger partial charge is 0.419 e. The van der Waals surface area contributed by atoms with Crippen LogP contribution in [0.25, 0.3) is 11.0 Å². The van der Waals surface area contributed by atoms with E-state index in [0.717, 1.165) is 0 Å². The summed E-state index contributed by atoms with van der Waals surface area (Å²) in [5, 5.41) is 12.4. The van der Waals surface area contributed by atoms with Gasteiger partial charge < -0.3 is 4.42 Å². The fourth-order valence-electron chi connectivity index (χ4n) is 1.03. The van der Waals surface area contributed by atoms with Crippen LogP contribution in [0.1, 0.15) is 0 Å². The summed E-state index contributed by atoms with van der Waals surface area (Å²) >= 11 is 0. The van der Waals surface area contributed by atoms with Crippen molar-refractivity contribution in [2.45, 2.75) is 0 Å². The van der Waals surface area contributed by atoms with Crippen molar-refractivity contribution in [1.82, 2.24) is 4.98 Å². The first-order valence-electron chi connectivity index (χ1n) is 3.59. The zero-order chi connectivity index (χ0) is 10.6. The lowest BCUT2D eigenvalue weighted by Gasteiger charge is -1.91. The van der Waals surface area contributed by atoms with Gasteiger partial charge in [0.1, 0.15) is 5.58 Å². The van der Waals surface area contributed by atoms with Crippen molar-refractivity contribution in [3.8, 4) is 0 Å². The van der Waals surface area contributed by atoms with Gasteiger partial charge in [0.2, 0.25) is 0 Å². The van der Waals surface area contributed by atoms with E-state index in [1.54, 1.807) is 24.3 Å². The summed E-state index contributed by atoms with van der Waals surface area (Å²) in [5.74, 6) is -0.723. The lowest BCUT2D eigenvalue weighted by Crippen LogP contribution is -2.17. The van der Waals surface area contributed by atoms with Gasteiger partial charge in [0.25, 0.3) is 5.56 Å². The van der Waals surface area contributed by atoms with Crippen molar-refractivity contribution >= 4 is 11.0 Å². The van der Waals surface area contributed by atoms with Crippen molar-refractivity contribution < 1.29 is 14.9 Å². The Labute approximate surface area is 77.0 Å². The highest BCUT2D eigenvalue weighted by atomic mass is 17.0. The maximum Gasteiger partial charge on any atom is 0.419 e. The van der Waals surface area contributed by atoms with Crippen molar-refractivity contribution in [3.05, 3.63) is 45.2 Å². The number of H-pyrrole nitrogens is 1. The second-order valence-electron chi connectivity index (χ2n) is 2.34. The number of rotatable bonds is 0. The summed E-state index contributed by atoms with van der Waals surface area (Å²) in [6.45, 7) is 0. The standard InChI is InChI=1S/C8H5NO3.H2O2/c10-7-5-3-1-2-4-6(5)12-8(11)9-7;1-2/h1-4H,(H,9,10,11);1-2H. The number of hydrogen-bond donors (Lipinski definition) is 3. The molecule has 0 saturated carbocycles. The van der Waals surface area contributed by atoms with Gasteiger partial charge in [-0.25, -0.2) is 4.79 Å². The molecule has 6 heteroatoms. The van der Waals surface area contributed by atoms with Gasteiger partial charge in [-0.2, -0.15) is 0 Å². The van der Waals surface area contributed by atoms with Crippen molar-refractivity contribution in [2.75, 3.05) is 0 Å². The van der Waals surface area contributed by atoms with Gasteiger partial charge in [0.15, 0.2) is 0 Å². The van der Waals surface area contributed by atoms with Gasteiger partial charge in [-0.15, -0.1) is 0 Å². The van der Waals surface area contributed by atoms with Crippen LogP contribution in [0.3, 0.4) is 0 Å². The number of hydrogen-bond acceptors (Lipinski definition) is 5. The molecule has 0 fully saturated rings. The van der Waals surface area contributed by atoms with E-state index in [9.17, 15) is 9.59 Å². The Morgan fingerprint density at radius 3 is 2.50 bits per heavy atom. The molecule has 0 aliphatic heterocycles. The molecule has 0 aliphatic rings. The first-order chi connectivity index (χ1) is 6.77. The van der Waals surface area contributed by atoms with Gasteiger partial charge in [-0.3, -0.25) is 20.3 Å². The van der Waals surface area contributed by atoms with Crippen LogP contribution in [-0.4, -0.2) is 15.5 Å². The quantitative estimate of drug-likeness (QED) is 0.421. The van der Waals surface area contributed by atoms with E-state index in [4.69, 9.17) is 14.9 Å². The number of nitrogens with one attached hydrogen (secondary N) is 1. The highest BCUT2D eigenvalue weighted by molar-refractivity contribution is 5.74. The topological polar surface area (TPSA) is 104 Å². The molecule has 74 valence electrons. The van der Waals surface area contributed by atoms with E-state index in [1.807, 2.05) is 4.98 Å². The van der Waals surface area contributed by atoms with E-state index in [-0.39, 0.29) is 0 Å². The minimum absolute atomic E-state index is 0.311. The molecule has 0 unspecified atom stereocenters. The van der Waals surface area contributed by atoms with E-state index < -0.39 is 11.3 Å². The maximum absolute atomic E-state index is 11.1. The smallest absolute Gasteiger partial charge is 0.409 e. The molecule has 0 spiro atoms. The SMILES string of the molecule is O=c1[nH]c(=O)c2ccccc2o1.OO. The van der Waals surface area contributed by atoms with Crippen LogP contribution in [0.15, 0.2) is 38.3 Å². The zero-order valence-electron chi connectivity index (χ0n) is 6.93. The summed E-state index contributed by atoms with van der Waals surface area (Å²) in [5.41, 5.74) is -0.104. The summed E-state index contributed by atoms with van der Waals surface area (Å²) in [4.78, 5) is 23.8. The number of fused-ring (bicyclic) bond motifs is 1. The molecule has 0 radical (unpaired) electrons.